The van der Waals surface area contributed by atoms with Gasteiger partial charge in [-0.25, -0.2) is 8.42 Å². The molecule has 0 unspecified atom stereocenters. The van der Waals surface area contributed by atoms with Crippen molar-refractivity contribution in [3.05, 3.63) is 65.7 Å². The van der Waals surface area contributed by atoms with Crippen LogP contribution in [0.1, 0.15) is 10.4 Å². The fourth-order valence-corrected chi connectivity index (χ4v) is 3.68. The van der Waals surface area contributed by atoms with E-state index in [0.29, 0.717) is 5.75 Å². The highest BCUT2D eigenvalue weighted by molar-refractivity contribution is 7.92. The number of carbonyl (C=O) groups excluding carboxylic acids is 2. The molecule has 0 aliphatic rings. The molecular formula is C20H22ClN3O5S. The van der Waals surface area contributed by atoms with Crippen molar-refractivity contribution in [2.45, 2.75) is 0 Å². The minimum absolute atomic E-state index is 0.202. The Kier molecular flexibility index (Phi) is 7.85. The Morgan fingerprint density at radius 1 is 1.23 bits per heavy atom. The van der Waals surface area contributed by atoms with Crippen LogP contribution in [0.15, 0.2) is 55.1 Å². The number of hydrogen-bond acceptors (Lipinski definition) is 5. The Morgan fingerprint density at radius 3 is 2.53 bits per heavy atom. The monoisotopic (exact) mass is 451 g/mol. The Hall–Kier alpha value is -3.04. The van der Waals surface area contributed by atoms with Gasteiger partial charge in [-0.05, 0) is 30.3 Å². The lowest BCUT2D eigenvalue weighted by Crippen LogP contribution is -2.37. The molecule has 2 aromatic carbocycles. The minimum atomic E-state index is -3.80. The van der Waals surface area contributed by atoms with Crippen LogP contribution in [0, 0.1) is 0 Å². The topological polar surface area (TPSA) is 105 Å². The first-order valence-electron chi connectivity index (χ1n) is 8.76. The van der Waals surface area contributed by atoms with E-state index < -0.39 is 28.4 Å². The number of carbonyl (C=O) groups is 2. The summed E-state index contributed by atoms with van der Waals surface area (Å²) in [5.41, 5.74) is 0.701. The van der Waals surface area contributed by atoms with Crippen molar-refractivity contribution in [1.82, 2.24) is 5.32 Å². The highest BCUT2D eigenvalue weighted by Crippen LogP contribution is 2.30. The number of nitrogens with zero attached hydrogens (tertiary/aromatic N) is 1. The molecule has 0 saturated heterocycles. The molecule has 30 heavy (non-hydrogen) atoms. The molecule has 160 valence electrons. The van der Waals surface area contributed by atoms with E-state index in [1.165, 1.54) is 31.4 Å². The van der Waals surface area contributed by atoms with E-state index in [1.807, 2.05) is 0 Å². The number of rotatable bonds is 9. The molecule has 0 fully saturated rings. The van der Waals surface area contributed by atoms with Crippen LogP contribution in [-0.2, 0) is 14.8 Å². The standard InChI is InChI=1S/C20H22ClN3O5S/c1-4-11-22-20(26)15-7-5-6-8-17(15)23-19(25)13-24(30(3,27)28)14-9-10-18(29-2)16(21)12-14/h4-10,12H,1,11,13H2,2-3H3,(H,22,26)(H,23,25). The second kappa shape index (κ2) is 10.1. The molecular weight excluding hydrogens is 430 g/mol. The van der Waals surface area contributed by atoms with Crippen LogP contribution in [0.25, 0.3) is 0 Å². The number of hydrogen-bond donors (Lipinski definition) is 2. The van der Waals surface area contributed by atoms with Gasteiger partial charge >= 0.3 is 0 Å². The summed E-state index contributed by atoms with van der Waals surface area (Å²) in [4.78, 5) is 24.9. The molecule has 8 nitrogen and oxygen atoms in total. The van der Waals surface area contributed by atoms with E-state index in [-0.39, 0.29) is 28.5 Å². The lowest BCUT2D eigenvalue weighted by molar-refractivity contribution is -0.114. The molecule has 2 rings (SSSR count). The largest absolute Gasteiger partial charge is 0.495 e. The Balaban J connectivity index is 2.25. The number of nitrogens with one attached hydrogen (secondary N) is 2. The van der Waals surface area contributed by atoms with Crippen molar-refractivity contribution in [1.29, 1.82) is 0 Å². The molecule has 10 heteroatoms. The zero-order valence-electron chi connectivity index (χ0n) is 16.5. The van der Waals surface area contributed by atoms with Crippen LogP contribution >= 0.6 is 11.6 Å². The first kappa shape index (κ1) is 23.2. The molecule has 0 aromatic heterocycles. The summed E-state index contributed by atoms with van der Waals surface area (Å²) < 4.78 is 30.5. The number of ether oxygens (including phenoxy) is 1. The predicted molar refractivity (Wildman–Crippen MR) is 118 cm³/mol. The summed E-state index contributed by atoms with van der Waals surface area (Å²) in [6.45, 7) is 3.29. The van der Waals surface area contributed by atoms with E-state index in [4.69, 9.17) is 16.3 Å². The van der Waals surface area contributed by atoms with Crippen LogP contribution in [0.4, 0.5) is 11.4 Å². The number of sulfonamides is 1. The summed E-state index contributed by atoms with van der Waals surface area (Å²) in [6, 6.07) is 10.8. The number of halogens is 1. The lowest BCUT2D eigenvalue weighted by atomic mass is 10.1. The Labute approximate surface area is 180 Å². The van der Waals surface area contributed by atoms with E-state index in [2.05, 4.69) is 17.2 Å². The second-order valence-corrected chi connectivity index (χ2v) is 8.49. The number of methoxy groups -OCH3 is 1. The molecule has 0 atom stereocenters. The van der Waals surface area contributed by atoms with E-state index >= 15 is 0 Å². The average Bonchev–Trinajstić information content (AvgIpc) is 2.69. The van der Waals surface area contributed by atoms with Crippen molar-refractivity contribution in [3.63, 3.8) is 0 Å². The van der Waals surface area contributed by atoms with Gasteiger partial charge in [-0.3, -0.25) is 13.9 Å². The van der Waals surface area contributed by atoms with Crippen LogP contribution in [-0.4, -0.2) is 46.7 Å². The van der Waals surface area contributed by atoms with Crippen molar-refractivity contribution < 1.29 is 22.7 Å². The third-order valence-electron chi connectivity index (χ3n) is 3.96. The van der Waals surface area contributed by atoms with Crippen molar-refractivity contribution in [2.24, 2.45) is 0 Å². The maximum atomic E-state index is 12.6. The Morgan fingerprint density at radius 2 is 1.93 bits per heavy atom. The van der Waals surface area contributed by atoms with Crippen LogP contribution in [0.3, 0.4) is 0 Å². The first-order chi connectivity index (χ1) is 14.2. The van der Waals surface area contributed by atoms with E-state index in [0.717, 1.165) is 10.6 Å². The molecule has 0 bridgehead atoms. The van der Waals surface area contributed by atoms with Gasteiger partial charge < -0.3 is 15.4 Å². The third-order valence-corrected chi connectivity index (χ3v) is 5.40. The highest BCUT2D eigenvalue weighted by Gasteiger charge is 2.23. The smallest absolute Gasteiger partial charge is 0.253 e. The molecule has 0 aliphatic heterocycles. The first-order valence-corrected chi connectivity index (χ1v) is 11.0. The second-order valence-electron chi connectivity index (χ2n) is 6.18. The van der Waals surface area contributed by atoms with Gasteiger partial charge in [-0.15, -0.1) is 6.58 Å². The summed E-state index contributed by atoms with van der Waals surface area (Å²) in [5, 5.41) is 5.42. The number of benzene rings is 2. The molecule has 2 amide bonds. The van der Waals surface area contributed by atoms with Crippen LogP contribution in [0.5, 0.6) is 5.75 Å². The summed E-state index contributed by atoms with van der Waals surface area (Å²) in [5.74, 6) is -0.651. The maximum absolute atomic E-state index is 12.6. The van der Waals surface area contributed by atoms with Crippen LogP contribution < -0.4 is 19.7 Å². The molecule has 0 aliphatic carbocycles. The van der Waals surface area contributed by atoms with Crippen molar-refractivity contribution >= 4 is 44.8 Å². The molecule has 0 spiro atoms. The fraction of sp³-hybridized carbons (Fsp3) is 0.200. The number of amides is 2. The fourth-order valence-electron chi connectivity index (χ4n) is 2.58. The zero-order valence-corrected chi connectivity index (χ0v) is 18.1. The van der Waals surface area contributed by atoms with Gasteiger partial charge in [0, 0.05) is 6.54 Å². The van der Waals surface area contributed by atoms with E-state index in [1.54, 1.807) is 24.3 Å². The van der Waals surface area contributed by atoms with Gasteiger partial charge in [0.2, 0.25) is 15.9 Å². The number of anilines is 2. The molecule has 2 N–H and O–H groups in total. The zero-order chi connectivity index (χ0) is 22.3. The summed E-state index contributed by atoms with van der Waals surface area (Å²) >= 11 is 6.09. The van der Waals surface area contributed by atoms with Crippen LogP contribution in [0.2, 0.25) is 5.02 Å². The lowest BCUT2D eigenvalue weighted by Gasteiger charge is -2.22. The summed E-state index contributed by atoms with van der Waals surface area (Å²) in [6.07, 6.45) is 2.51. The normalized spacial score (nSPS) is 10.8. The van der Waals surface area contributed by atoms with Gasteiger partial charge in [0.25, 0.3) is 5.91 Å². The van der Waals surface area contributed by atoms with Gasteiger partial charge in [-0.2, -0.15) is 0 Å². The summed E-state index contributed by atoms with van der Waals surface area (Å²) in [7, 11) is -2.36. The van der Waals surface area contributed by atoms with Gasteiger partial charge in [-0.1, -0.05) is 29.8 Å². The molecule has 0 radical (unpaired) electrons. The third kappa shape index (κ3) is 5.98. The van der Waals surface area contributed by atoms with Crippen molar-refractivity contribution in [3.8, 4) is 5.75 Å². The predicted octanol–water partition coefficient (Wildman–Crippen LogP) is 2.67. The molecule has 0 saturated carbocycles. The van der Waals surface area contributed by atoms with E-state index in [9.17, 15) is 18.0 Å². The molecule has 0 heterocycles. The number of para-hydroxylation sites is 1. The SMILES string of the molecule is C=CCNC(=O)c1ccccc1NC(=O)CN(c1ccc(OC)c(Cl)c1)S(C)(=O)=O. The van der Waals surface area contributed by atoms with Crippen molar-refractivity contribution in [2.75, 3.05) is 36.1 Å². The van der Waals surface area contributed by atoms with Gasteiger partial charge in [0.05, 0.1) is 35.3 Å². The van der Waals surface area contributed by atoms with Gasteiger partial charge in [0.1, 0.15) is 12.3 Å². The minimum Gasteiger partial charge on any atom is -0.495 e. The quantitative estimate of drug-likeness (QED) is 0.570. The Bertz CT molecular complexity index is 1060. The van der Waals surface area contributed by atoms with Gasteiger partial charge in [0.15, 0.2) is 0 Å². The maximum Gasteiger partial charge on any atom is 0.253 e. The molecule has 2 aromatic rings. The average molecular weight is 452 g/mol. The highest BCUT2D eigenvalue weighted by atomic mass is 35.5.